The number of allylic oxidation sites excluding steroid dienone is 1. The van der Waals surface area contributed by atoms with Crippen LogP contribution in [0.5, 0.6) is 0 Å². The summed E-state index contributed by atoms with van der Waals surface area (Å²) >= 11 is 0. The van der Waals surface area contributed by atoms with Crippen molar-refractivity contribution in [1.29, 1.82) is 0 Å². The molecule has 0 aromatic heterocycles. The first-order valence-electron chi connectivity index (χ1n) is 18.8. The summed E-state index contributed by atoms with van der Waals surface area (Å²) in [5.41, 5.74) is 17.2. The smallest absolute Gasteiger partial charge is 0.0598 e. The largest absolute Gasteiger partial charge is 0.334 e. The predicted octanol–water partition coefficient (Wildman–Crippen LogP) is 13.6. The average molecular weight is 695 g/mol. The van der Waals surface area contributed by atoms with Crippen LogP contribution in [0.2, 0.25) is 0 Å². The fraction of sp³-hybridized carbons (Fsp3) is 0.115. The molecule has 1 heterocycles. The second-order valence-corrected chi connectivity index (χ2v) is 15.0. The van der Waals surface area contributed by atoms with Gasteiger partial charge in [0.05, 0.1) is 6.04 Å². The molecule has 2 atom stereocenters. The number of hydrogen-bond donors (Lipinski definition) is 0. The summed E-state index contributed by atoms with van der Waals surface area (Å²) in [4.78, 5) is 4.81. The Balaban J connectivity index is 1.10. The summed E-state index contributed by atoms with van der Waals surface area (Å²) in [6, 6.07) is 62.1. The number of terminal acetylenes is 1. The normalized spacial score (nSPS) is 16.4. The van der Waals surface area contributed by atoms with Crippen molar-refractivity contribution in [3.05, 3.63) is 199 Å². The van der Waals surface area contributed by atoms with Gasteiger partial charge in [0.25, 0.3) is 0 Å². The molecule has 260 valence electrons. The number of para-hydroxylation sites is 1. The predicted molar refractivity (Wildman–Crippen MR) is 228 cm³/mol. The lowest BCUT2D eigenvalue weighted by Gasteiger charge is -2.28. The number of anilines is 5. The molecule has 7 aromatic rings. The van der Waals surface area contributed by atoms with E-state index in [0.29, 0.717) is 0 Å². The van der Waals surface area contributed by atoms with Crippen molar-refractivity contribution in [3.63, 3.8) is 0 Å². The Hall–Kier alpha value is -6.56. The third-order valence-electron chi connectivity index (χ3n) is 11.5. The zero-order valence-corrected chi connectivity index (χ0v) is 30.9. The van der Waals surface area contributed by atoms with Gasteiger partial charge in [-0.05, 0) is 117 Å². The molecule has 0 amide bonds. The van der Waals surface area contributed by atoms with Crippen LogP contribution in [-0.4, -0.2) is 6.04 Å². The molecule has 0 saturated carbocycles. The first-order valence-corrected chi connectivity index (χ1v) is 18.8. The molecule has 54 heavy (non-hydrogen) atoms. The van der Waals surface area contributed by atoms with E-state index in [9.17, 15) is 0 Å². The summed E-state index contributed by atoms with van der Waals surface area (Å²) in [7, 11) is 0. The van der Waals surface area contributed by atoms with E-state index < -0.39 is 0 Å². The zero-order valence-electron chi connectivity index (χ0n) is 30.9. The number of hydrogen-bond acceptors (Lipinski definition) is 2. The van der Waals surface area contributed by atoms with E-state index in [2.05, 4.69) is 212 Å². The Labute approximate surface area is 319 Å². The van der Waals surface area contributed by atoms with Gasteiger partial charge in [0.15, 0.2) is 0 Å². The minimum atomic E-state index is -0.0922. The second kappa shape index (κ2) is 13.4. The molecule has 1 aliphatic heterocycles. The van der Waals surface area contributed by atoms with E-state index in [1.54, 1.807) is 0 Å². The number of nitrogens with zero attached hydrogens (tertiary/aromatic N) is 2. The van der Waals surface area contributed by atoms with Crippen LogP contribution in [0.4, 0.5) is 28.4 Å². The minimum Gasteiger partial charge on any atom is -0.334 e. The molecule has 9 rings (SSSR count). The molecule has 2 heteroatoms. The SMILES string of the molecule is C#C/C=C\C1C(C)c2cc(-c3ccc(N(c4ccc(-c5ccccc5)cc4)c4ccc5c(c4)C(C)(C)c4ccccc4-5)cc3)ccc2N1c1ccccc1. The first kappa shape index (κ1) is 33.3. The highest BCUT2D eigenvalue weighted by molar-refractivity contribution is 5.87. The lowest BCUT2D eigenvalue weighted by atomic mass is 9.82. The van der Waals surface area contributed by atoms with Crippen molar-refractivity contribution in [3.8, 4) is 45.7 Å². The van der Waals surface area contributed by atoms with Crippen molar-refractivity contribution in [2.24, 2.45) is 0 Å². The molecule has 0 fully saturated rings. The van der Waals surface area contributed by atoms with Crippen LogP contribution in [0.1, 0.15) is 43.4 Å². The van der Waals surface area contributed by atoms with Crippen LogP contribution in [0.25, 0.3) is 33.4 Å². The molecule has 1 aliphatic carbocycles. The maximum atomic E-state index is 5.67. The number of rotatable bonds is 7. The maximum absolute atomic E-state index is 5.67. The zero-order chi connectivity index (χ0) is 36.8. The van der Waals surface area contributed by atoms with E-state index in [1.807, 2.05) is 6.08 Å². The van der Waals surface area contributed by atoms with Crippen molar-refractivity contribution < 1.29 is 0 Å². The molecule has 2 unspecified atom stereocenters. The standard InChI is InChI=1S/C52H42N2/c1-5-6-21-50-36(2)47-34-40(26-33-51(47)54(50)41-17-11-8-12-18-41)39-24-29-43(30-25-39)53(42-27-22-38(23-28-42)37-15-9-7-10-16-37)44-31-32-46-45-19-13-14-20-48(45)52(3,4)49(46)35-44/h1,6-36,50H,2-4H3/b21-6-. The van der Waals surface area contributed by atoms with Crippen LogP contribution >= 0.6 is 0 Å². The highest BCUT2D eigenvalue weighted by Gasteiger charge is 2.37. The third kappa shape index (κ3) is 5.61. The molecular formula is C52H42N2. The van der Waals surface area contributed by atoms with Crippen LogP contribution in [0.15, 0.2) is 182 Å². The highest BCUT2D eigenvalue weighted by atomic mass is 15.2. The van der Waals surface area contributed by atoms with E-state index in [-0.39, 0.29) is 17.4 Å². The molecule has 0 spiro atoms. The minimum absolute atomic E-state index is 0.0922. The molecular weight excluding hydrogens is 653 g/mol. The summed E-state index contributed by atoms with van der Waals surface area (Å²) in [6.45, 7) is 7.00. The van der Waals surface area contributed by atoms with Gasteiger partial charge in [0.1, 0.15) is 0 Å². The Morgan fingerprint density at radius 2 is 1.13 bits per heavy atom. The fourth-order valence-corrected chi connectivity index (χ4v) is 8.71. The Morgan fingerprint density at radius 3 is 1.81 bits per heavy atom. The van der Waals surface area contributed by atoms with Crippen LogP contribution in [0.3, 0.4) is 0 Å². The first-order chi connectivity index (χ1) is 26.4. The van der Waals surface area contributed by atoms with E-state index >= 15 is 0 Å². The van der Waals surface area contributed by atoms with Crippen LogP contribution < -0.4 is 9.80 Å². The van der Waals surface area contributed by atoms with Gasteiger partial charge >= 0.3 is 0 Å². The van der Waals surface area contributed by atoms with Gasteiger partial charge in [-0.25, -0.2) is 0 Å². The highest BCUT2D eigenvalue weighted by Crippen LogP contribution is 2.51. The molecule has 2 aliphatic rings. The topological polar surface area (TPSA) is 6.48 Å². The average Bonchev–Trinajstić information content (AvgIpc) is 3.63. The number of fused-ring (bicyclic) bond motifs is 4. The van der Waals surface area contributed by atoms with E-state index in [0.717, 1.165) is 17.1 Å². The van der Waals surface area contributed by atoms with Crippen molar-refractivity contribution in [2.45, 2.75) is 38.1 Å². The van der Waals surface area contributed by atoms with Crippen molar-refractivity contribution >= 4 is 28.4 Å². The molecule has 2 nitrogen and oxygen atoms in total. The van der Waals surface area contributed by atoms with E-state index in [1.165, 1.54) is 61.4 Å². The van der Waals surface area contributed by atoms with Gasteiger partial charge in [0.2, 0.25) is 0 Å². The van der Waals surface area contributed by atoms with Crippen LogP contribution in [-0.2, 0) is 5.41 Å². The van der Waals surface area contributed by atoms with Crippen molar-refractivity contribution in [2.75, 3.05) is 9.80 Å². The molecule has 0 N–H and O–H groups in total. The summed E-state index contributed by atoms with van der Waals surface area (Å²) in [5, 5.41) is 0. The maximum Gasteiger partial charge on any atom is 0.0598 e. The summed E-state index contributed by atoms with van der Waals surface area (Å²) < 4.78 is 0. The molecule has 7 aromatic carbocycles. The summed E-state index contributed by atoms with van der Waals surface area (Å²) in [5.74, 6) is 2.98. The van der Waals surface area contributed by atoms with Gasteiger partial charge in [-0.2, -0.15) is 0 Å². The third-order valence-corrected chi connectivity index (χ3v) is 11.5. The quantitative estimate of drug-likeness (QED) is 0.153. The second-order valence-electron chi connectivity index (χ2n) is 15.0. The van der Waals surface area contributed by atoms with E-state index in [4.69, 9.17) is 6.42 Å². The van der Waals surface area contributed by atoms with Crippen LogP contribution in [0, 0.1) is 12.3 Å². The number of benzene rings is 7. The monoisotopic (exact) mass is 694 g/mol. The van der Waals surface area contributed by atoms with Gasteiger partial charge < -0.3 is 9.80 Å². The molecule has 0 bridgehead atoms. The van der Waals surface area contributed by atoms with Gasteiger partial charge in [0, 0.05) is 39.8 Å². The Kier molecular flexibility index (Phi) is 8.29. The fourth-order valence-electron chi connectivity index (χ4n) is 8.71. The van der Waals surface area contributed by atoms with Gasteiger partial charge in [-0.15, -0.1) is 6.42 Å². The Morgan fingerprint density at radius 1 is 0.574 bits per heavy atom. The molecule has 0 radical (unpaired) electrons. The lowest BCUT2D eigenvalue weighted by Crippen LogP contribution is -2.27. The molecule has 0 saturated heterocycles. The van der Waals surface area contributed by atoms with Gasteiger partial charge in [-0.1, -0.05) is 142 Å². The lowest BCUT2D eigenvalue weighted by molar-refractivity contribution is 0.660. The Bertz CT molecular complexity index is 2540. The summed E-state index contributed by atoms with van der Waals surface area (Å²) in [6.07, 6.45) is 9.67. The van der Waals surface area contributed by atoms with Gasteiger partial charge in [-0.3, -0.25) is 0 Å². The van der Waals surface area contributed by atoms with Crippen molar-refractivity contribution in [1.82, 2.24) is 0 Å².